The van der Waals surface area contributed by atoms with Crippen LogP contribution in [0.1, 0.15) is 13.3 Å². The van der Waals surface area contributed by atoms with E-state index in [4.69, 9.17) is 36.9 Å². The molecule has 0 atom stereocenters. The Balaban J connectivity index is 3.60. The molecule has 0 saturated heterocycles. The fraction of sp³-hybridized carbons (Fsp3) is 1.00. The molecule has 1 nitrogen and oxygen atoms in total. The standard InChI is InChI=1S/C3H7O.4ClH.Zr/c1-2-3-4;;;;;/h2-3H2,1H3;4*1H;/q-1;;;;;+5/p-4. The third-order valence-electron chi connectivity index (χ3n) is 0.524. The quantitative estimate of drug-likeness (QED) is 0.771. The summed E-state index contributed by atoms with van der Waals surface area (Å²) in [6.45, 7) is 2.34. The van der Waals surface area contributed by atoms with Gasteiger partial charge in [0.2, 0.25) is 0 Å². The average molecular weight is 292 g/mol. The molecule has 0 aliphatic heterocycles. The summed E-state index contributed by atoms with van der Waals surface area (Å²) < 4.78 is 4.84. The van der Waals surface area contributed by atoms with Gasteiger partial charge in [-0.1, -0.05) is 0 Å². The fourth-order valence-electron chi connectivity index (χ4n) is 0.256. The molecule has 9 heavy (non-hydrogen) atoms. The molecule has 0 unspecified atom stereocenters. The maximum atomic E-state index is 5.45. The van der Waals surface area contributed by atoms with E-state index in [9.17, 15) is 0 Å². The predicted molar refractivity (Wildman–Crippen MR) is 39.7 cm³/mol. The first-order chi connectivity index (χ1) is 3.81. The Labute approximate surface area is 70.5 Å². The second-order valence-corrected chi connectivity index (χ2v) is 29.9. The molecule has 0 heterocycles. The fourth-order valence-corrected chi connectivity index (χ4v) is 3.34. The molecule has 0 radical (unpaired) electrons. The summed E-state index contributed by atoms with van der Waals surface area (Å²) in [6.07, 6.45) is 0.808. The summed E-state index contributed by atoms with van der Waals surface area (Å²) in [5.74, 6) is 0. The first-order valence-electron chi connectivity index (χ1n) is 2.46. The van der Waals surface area contributed by atoms with Gasteiger partial charge in [0.25, 0.3) is 0 Å². The van der Waals surface area contributed by atoms with Gasteiger partial charge in [-0.05, 0) is 0 Å². The van der Waals surface area contributed by atoms with E-state index in [0.29, 0.717) is 6.61 Å². The molecule has 0 saturated carbocycles. The molecule has 0 spiro atoms. The van der Waals surface area contributed by atoms with Gasteiger partial charge in [-0.25, -0.2) is 0 Å². The van der Waals surface area contributed by atoms with E-state index < -0.39 is 14.4 Å². The molecule has 57 valence electrons. The third-order valence-corrected chi connectivity index (χ3v) is 4.68. The van der Waals surface area contributed by atoms with Crippen molar-refractivity contribution in [3.05, 3.63) is 0 Å². The molecule has 0 rings (SSSR count). The zero-order chi connectivity index (χ0) is 7.57. The maximum absolute atomic E-state index is 5.45. The van der Waals surface area contributed by atoms with Gasteiger partial charge in [0.05, 0.1) is 0 Å². The topological polar surface area (TPSA) is 9.23 Å². The van der Waals surface area contributed by atoms with Crippen molar-refractivity contribution >= 4 is 34.1 Å². The Bertz CT molecular complexity index is 88.5. The van der Waals surface area contributed by atoms with Gasteiger partial charge in [0.1, 0.15) is 0 Å². The number of hydrogen-bond donors (Lipinski definition) is 0. The summed E-state index contributed by atoms with van der Waals surface area (Å²) in [7, 11) is 21.8. The van der Waals surface area contributed by atoms with Crippen LogP contribution >= 0.6 is 34.1 Å². The van der Waals surface area contributed by atoms with Crippen LogP contribution in [0.4, 0.5) is 0 Å². The Morgan fingerprint density at radius 3 is 1.78 bits per heavy atom. The van der Waals surface area contributed by atoms with Crippen molar-refractivity contribution in [1.82, 2.24) is 0 Å². The molecule has 0 fully saturated rings. The molecular weight excluding hydrogens is 285 g/mol. The van der Waals surface area contributed by atoms with Crippen molar-refractivity contribution in [2.75, 3.05) is 6.61 Å². The second kappa shape index (κ2) is 3.60. The van der Waals surface area contributed by atoms with Crippen molar-refractivity contribution in [2.45, 2.75) is 13.3 Å². The van der Waals surface area contributed by atoms with E-state index >= 15 is 0 Å². The first kappa shape index (κ1) is 11.0. The van der Waals surface area contributed by atoms with Crippen molar-refractivity contribution in [3.63, 3.8) is 0 Å². The van der Waals surface area contributed by atoms with Gasteiger partial charge in [0, 0.05) is 0 Å². The molecular formula is C3H7Cl4OZr. The zero-order valence-corrected chi connectivity index (χ0v) is 10.3. The predicted octanol–water partition coefficient (Wildman–Crippen LogP) is 3.63. The monoisotopic (exact) mass is 289 g/mol. The van der Waals surface area contributed by atoms with Gasteiger partial charge in [-0.15, -0.1) is 0 Å². The summed E-state index contributed by atoms with van der Waals surface area (Å²) in [5.41, 5.74) is 0. The Kier molecular flexibility index (Phi) is 4.40. The number of hydrogen-bond acceptors (Lipinski definition) is 1. The summed E-state index contributed by atoms with van der Waals surface area (Å²) in [4.78, 5) is 0. The Hall–Kier alpha value is 2.00. The number of rotatable bonds is 3. The van der Waals surface area contributed by atoms with Crippen molar-refractivity contribution < 1.29 is 17.3 Å². The van der Waals surface area contributed by atoms with Crippen LogP contribution in [0.5, 0.6) is 0 Å². The molecule has 0 bridgehead atoms. The minimum atomic E-state index is -4.52. The van der Waals surface area contributed by atoms with Crippen LogP contribution in [0.3, 0.4) is 0 Å². The van der Waals surface area contributed by atoms with Gasteiger partial charge in [0.15, 0.2) is 0 Å². The van der Waals surface area contributed by atoms with Crippen LogP contribution < -0.4 is 0 Å². The van der Waals surface area contributed by atoms with Crippen LogP contribution in [-0.4, -0.2) is 6.61 Å². The van der Waals surface area contributed by atoms with Gasteiger partial charge < -0.3 is 0 Å². The summed E-state index contributed by atoms with van der Waals surface area (Å²) in [5, 5.41) is 0. The van der Waals surface area contributed by atoms with Gasteiger partial charge in [-0.2, -0.15) is 0 Å². The van der Waals surface area contributed by atoms with E-state index in [1.807, 2.05) is 6.92 Å². The number of halogens is 4. The van der Waals surface area contributed by atoms with E-state index in [0.717, 1.165) is 6.42 Å². The molecule has 0 aromatic rings. The van der Waals surface area contributed by atoms with E-state index in [-0.39, 0.29) is 0 Å². The van der Waals surface area contributed by atoms with Crippen molar-refractivity contribution in [3.8, 4) is 0 Å². The third kappa shape index (κ3) is 10.0. The molecule has 0 aromatic heterocycles. The molecule has 0 aliphatic rings. The molecule has 0 amide bonds. The van der Waals surface area contributed by atoms with E-state index in [1.54, 1.807) is 0 Å². The van der Waals surface area contributed by atoms with Crippen LogP contribution in [-0.2, 0) is 17.3 Å². The second-order valence-electron chi connectivity index (χ2n) is 1.59. The molecule has 0 aliphatic carbocycles. The van der Waals surface area contributed by atoms with Gasteiger partial charge in [-0.3, -0.25) is 0 Å². The van der Waals surface area contributed by atoms with Crippen molar-refractivity contribution in [2.24, 2.45) is 0 Å². The van der Waals surface area contributed by atoms with Gasteiger partial charge >= 0.3 is 71.3 Å². The normalized spacial score (nSPS) is 16.8. The van der Waals surface area contributed by atoms with Crippen LogP contribution in [0.25, 0.3) is 0 Å². The van der Waals surface area contributed by atoms with E-state index in [2.05, 4.69) is 0 Å². The summed E-state index contributed by atoms with van der Waals surface area (Å²) in [6, 6.07) is 0. The zero-order valence-electron chi connectivity index (χ0n) is 4.83. The summed E-state index contributed by atoms with van der Waals surface area (Å²) >= 11 is -4.52. The minimum absolute atomic E-state index is 0.422. The SMILES string of the molecule is CCC[O][Zr]([Cl])([Cl])([Cl])[Cl]. The first-order valence-corrected chi connectivity index (χ1v) is 16.1. The van der Waals surface area contributed by atoms with Crippen LogP contribution in [0, 0.1) is 0 Å². The average Bonchev–Trinajstić information content (AvgIpc) is 1.57. The Morgan fingerprint density at radius 1 is 1.22 bits per heavy atom. The van der Waals surface area contributed by atoms with E-state index in [1.165, 1.54) is 0 Å². The van der Waals surface area contributed by atoms with Crippen LogP contribution in [0.2, 0.25) is 0 Å². The Morgan fingerprint density at radius 2 is 1.67 bits per heavy atom. The molecule has 0 aromatic carbocycles. The van der Waals surface area contributed by atoms with Crippen molar-refractivity contribution in [1.29, 1.82) is 0 Å². The molecule has 6 heteroatoms. The molecule has 0 N–H and O–H groups in total. The van der Waals surface area contributed by atoms with Crippen LogP contribution in [0.15, 0.2) is 0 Å².